The molecule has 0 saturated heterocycles. The summed E-state index contributed by atoms with van der Waals surface area (Å²) >= 11 is 7.00. The molecule has 1 N–H and O–H groups in total. The highest BCUT2D eigenvalue weighted by atomic mass is 79.9. The lowest BCUT2D eigenvalue weighted by Gasteiger charge is -2.06. The van der Waals surface area contributed by atoms with Crippen LogP contribution in [0.3, 0.4) is 0 Å². The summed E-state index contributed by atoms with van der Waals surface area (Å²) in [7, 11) is 0. The van der Waals surface area contributed by atoms with E-state index < -0.39 is 0 Å². The van der Waals surface area contributed by atoms with Gasteiger partial charge in [0.05, 0.1) is 11.4 Å². The average Bonchev–Trinajstić information content (AvgIpc) is 2.73. The molecule has 5 heteroatoms. The molecular formula is C17H14Br2N2O. The van der Waals surface area contributed by atoms with E-state index in [1.54, 1.807) is 0 Å². The van der Waals surface area contributed by atoms with Crippen LogP contribution < -0.4 is 5.32 Å². The van der Waals surface area contributed by atoms with Gasteiger partial charge in [0.1, 0.15) is 5.71 Å². The third-order valence-corrected chi connectivity index (χ3v) is 5.03. The Morgan fingerprint density at radius 2 is 1.68 bits per heavy atom. The van der Waals surface area contributed by atoms with Crippen molar-refractivity contribution in [2.24, 2.45) is 4.99 Å². The van der Waals surface area contributed by atoms with Gasteiger partial charge in [-0.25, -0.2) is 4.99 Å². The van der Waals surface area contributed by atoms with Crippen LogP contribution in [0.1, 0.15) is 22.3 Å². The number of amides is 1. The number of fused-ring (bicyclic) bond motifs is 1. The van der Waals surface area contributed by atoms with E-state index in [1.165, 1.54) is 0 Å². The summed E-state index contributed by atoms with van der Waals surface area (Å²) in [5.41, 5.74) is 6.11. The standard InChI is InChI=1S/C17H14Br2N2O/c1-8-6-14(9(2)5-13(8)19)20-16-12-7-11(18)4-10(3)15(12)21-17(16)22/h4-7H,1-3H3,(H,20,21,22). The number of halogens is 2. The van der Waals surface area contributed by atoms with Gasteiger partial charge in [0.15, 0.2) is 0 Å². The molecule has 0 unspecified atom stereocenters. The van der Waals surface area contributed by atoms with Crippen molar-refractivity contribution in [2.45, 2.75) is 20.8 Å². The van der Waals surface area contributed by atoms with Crippen molar-refractivity contribution < 1.29 is 4.79 Å². The van der Waals surface area contributed by atoms with Crippen LogP contribution in [-0.2, 0) is 4.79 Å². The van der Waals surface area contributed by atoms with Crippen LogP contribution >= 0.6 is 31.9 Å². The first-order valence-corrected chi connectivity index (χ1v) is 8.42. The van der Waals surface area contributed by atoms with E-state index in [1.807, 2.05) is 45.0 Å². The first-order chi connectivity index (χ1) is 10.4. The Bertz CT molecular complexity index is 841. The molecule has 0 saturated carbocycles. The van der Waals surface area contributed by atoms with Crippen LogP contribution in [-0.4, -0.2) is 11.6 Å². The molecule has 112 valence electrons. The van der Waals surface area contributed by atoms with Gasteiger partial charge in [0.2, 0.25) is 0 Å². The smallest absolute Gasteiger partial charge is 0.275 e. The van der Waals surface area contributed by atoms with Gasteiger partial charge in [-0.05, 0) is 61.7 Å². The molecule has 0 fully saturated rings. The van der Waals surface area contributed by atoms with Gasteiger partial charge >= 0.3 is 0 Å². The van der Waals surface area contributed by atoms with Crippen molar-refractivity contribution in [1.29, 1.82) is 0 Å². The van der Waals surface area contributed by atoms with E-state index >= 15 is 0 Å². The lowest BCUT2D eigenvalue weighted by atomic mass is 10.1. The van der Waals surface area contributed by atoms with Crippen LogP contribution in [0, 0.1) is 20.8 Å². The van der Waals surface area contributed by atoms with Crippen LogP contribution in [0.4, 0.5) is 11.4 Å². The van der Waals surface area contributed by atoms with Crippen molar-refractivity contribution in [3.63, 3.8) is 0 Å². The van der Waals surface area contributed by atoms with E-state index in [-0.39, 0.29) is 5.91 Å². The highest BCUT2D eigenvalue weighted by Crippen LogP contribution is 2.33. The van der Waals surface area contributed by atoms with Crippen molar-refractivity contribution in [3.05, 3.63) is 55.5 Å². The number of hydrogen-bond donors (Lipinski definition) is 1. The van der Waals surface area contributed by atoms with Crippen LogP contribution in [0.25, 0.3) is 0 Å². The molecule has 1 aliphatic heterocycles. The van der Waals surface area contributed by atoms with E-state index in [0.29, 0.717) is 5.71 Å². The third kappa shape index (κ3) is 2.63. The topological polar surface area (TPSA) is 41.5 Å². The Kier molecular flexibility index (Phi) is 3.95. The van der Waals surface area contributed by atoms with Gasteiger partial charge in [0, 0.05) is 14.5 Å². The molecule has 1 amide bonds. The molecule has 0 radical (unpaired) electrons. The fourth-order valence-corrected chi connectivity index (χ4v) is 3.54. The molecule has 3 nitrogen and oxygen atoms in total. The summed E-state index contributed by atoms with van der Waals surface area (Å²) in [6, 6.07) is 7.92. The molecule has 0 atom stereocenters. The zero-order valence-electron chi connectivity index (χ0n) is 12.4. The molecule has 1 heterocycles. The Labute approximate surface area is 146 Å². The lowest BCUT2D eigenvalue weighted by molar-refractivity contribution is -0.110. The van der Waals surface area contributed by atoms with Gasteiger partial charge in [-0.1, -0.05) is 31.9 Å². The summed E-state index contributed by atoms with van der Waals surface area (Å²) in [5, 5.41) is 2.91. The third-order valence-electron chi connectivity index (χ3n) is 3.72. The number of anilines is 1. The second kappa shape index (κ2) is 5.63. The average molecular weight is 422 g/mol. The monoisotopic (exact) mass is 420 g/mol. The number of benzene rings is 2. The second-order valence-corrected chi connectivity index (χ2v) is 7.22. The van der Waals surface area contributed by atoms with E-state index in [2.05, 4.69) is 42.2 Å². The second-order valence-electron chi connectivity index (χ2n) is 5.45. The number of aliphatic imine (C=N–C) groups is 1. The zero-order valence-corrected chi connectivity index (χ0v) is 15.6. The molecule has 2 aromatic rings. The van der Waals surface area contributed by atoms with E-state index in [4.69, 9.17) is 0 Å². The van der Waals surface area contributed by atoms with Gasteiger partial charge in [-0.15, -0.1) is 0 Å². The lowest BCUT2D eigenvalue weighted by Crippen LogP contribution is -2.14. The quantitative estimate of drug-likeness (QED) is 0.674. The fourth-order valence-electron chi connectivity index (χ4n) is 2.51. The Hall–Kier alpha value is -1.46. The normalized spacial score (nSPS) is 15.1. The predicted octanol–water partition coefficient (Wildman–Crippen LogP) is 5.21. The molecule has 0 bridgehead atoms. The maximum absolute atomic E-state index is 12.3. The minimum Gasteiger partial charge on any atom is -0.320 e. The molecule has 0 spiro atoms. The van der Waals surface area contributed by atoms with Gasteiger partial charge < -0.3 is 5.32 Å². The van der Waals surface area contributed by atoms with Crippen molar-refractivity contribution in [1.82, 2.24) is 0 Å². The highest BCUT2D eigenvalue weighted by molar-refractivity contribution is 9.10. The van der Waals surface area contributed by atoms with E-state index in [0.717, 1.165) is 42.6 Å². The van der Waals surface area contributed by atoms with Gasteiger partial charge in [0.25, 0.3) is 5.91 Å². The predicted molar refractivity (Wildman–Crippen MR) is 97.3 cm³/mol. The molecular weight excluding hydrogens is 408 g/mol. The summed E-state index contributed by atoms with van der Waals surface area (Å²) in [5.74, 6) is -0.156. The van der Waals surface area contributed by atoms with Crippen LogP contribution in [0.2, 0.25) is 0 Å². The van der Waals surface area contributed by atoms with Gasteiger partial charge in [-0.3, -0.25) is 4.79 Å². The molecule has 1 aliphatic rings. The summed E-state index contributed by atoms with van der Waals surface area (Å²) in [6.45, 7) is 5.97. The first kappa shape index (κ1) is 15.4. The number of hydrogen-bond acceptors (Lipinski definition) is 2. The SMILES string of the molecule is Cc1cc(N=C2C(=O)Nc3c(C)cc(Br)cc32)c(C)cc1Br. The molecule has 0 aliphatic carbocycles. The van der Waals surface area contributed by atoms with Crippen LogP contribution in [0.5, 0.6) is 0 Å². The molecule has 22 heavy (non-hydrogen) atoms. The largest absolute Gasteiger partial charge is 0.320 e. The highest BCUT2D eigenvalue weighted by Gasteiger charge is 2.28. The number of nitrogens with zero attached hydrogens (tertiary/aromatic N) is 1. The minimum absolute atomic E-state index is 0.156. The number of carbonyl (C=O) groups is 1. The first-order valence-electron chi connectivity index (χ1n) is 6.84. The molecule has 3 rings (SSSR count). The Morgan fingerprint density at radius 3 is 2.41 bits per heavy atom. The molecule has 0 aromatic heterocycles. The zero-order chi connectivity index (χ0) is 16.0. The maximum atomic E-state index is 12.3. The maximum Gasteiger partial charge on any atom is 0.275 e. The van der Waals surface area contributed by atoms with Crippen molar-refractivity contribution in [2.75, 3.05) is 5.32 Å². The number of carbonyl (C=O) groups excluding carboxylic acids is 1. The van der Waals surface area contributed by atoms with Crippen molar-refractivity contribution in [3.8, 4) is 0 Å². The summed E-state index contributed by atoms with van der Waals surface area (Å²) in [6.07, 6.45) is 0. The summed E-state index contributed by atoms with van der Waals surface area (Å²) < 4.78 is 1.99. The minimum atomic E-state index is -0.156. The van der Waals surface area contributed by atoms with E-state index in [9.17, 15) is 4.79 Å². The van der Waals surface area contributed by atoms with Gasteiger partial charge in [-0.2, -0.15) is 0 Å². The fraction of sp³-hybridized carbons (Fsp3) is 0.176. The molecule has 2 aromatic carbocycles. The van der Waals surface area contributed by atoms with Crippen molar-refractivity contribution >= 4 is 54.9 Å². The number of aryl methyl sites for hydroxylation is 3. The Morgan fingerprint density at radius 1 is 0.955 bits per heavy atom. The number of nitrogens with one attached hydrogen (secondary N) is 1. The summed E-state index contributed by atoms with van der Waals surface area (Å²) in [4.78, 5) is 16.9. The number of rotatable bonds is 1. The Balaban J connectivity index is 2.18. The van der Waals surface area contributed by atoms with Crippen LogP contribution in [0.15, 0.2) is 38.2 Å².